The van der Waals surface area contributed by atoms with E-state index in [1.165, 1.54) is 18.4 Å². The molecule has 0 aliphatic heterocycles. The van der Waals surface area contributed by atoms with Gasteiger partial charge in [0.1, 0.15) is 0 Å². The molecule has 0 aromatic rings. The molecule has 1 unspecified atom stereocenters. The van der Waals surface area contributed by atoms with Crippen LogP contribution in [0.2, 0.25) is 0 Å². The Hall–Kier alpha value is -0.780. The van der Waals surface area contributed by atoms with Crippen molar-refractivity contribution in [2.75, 3.05) is 0 Å². The predicted octanol–water partition coefficient (Wildman–Crippen LogP) is 5.14. The minimum absolute atomic E-state index is 0.745. The van der Waals surface area contributed by atoms with Crippen LogP contribution >= 0.6 is 0 Å². The van der Waals surface area contributed by atoms with Crippen molar-refractivity contribution in [3.05, 3.63) is 36.5 Å². The van der Waals surface area contributed by atoms with E-state index in [0.29, 0.717) is 0 Å². The van der Waals surface area contributed by atoms with Gasteiger partial charge in [-0.2, -0.15) is 0 Å². The van der Waals surface area contributed by atoms with E-state index in [9.17, 15) is 0 Å². The minimum atomic E-state index is 0.745. The van der Waals surface area contributed by atoms with Crippen LogP contribution in [-0.4, -0.2) is 0 Å². The molecule has 0 aliphatic rings. The van der Waals surface area contributed by atoms with Crippen LogP contribution in [0.3, 0.4) is 0 Å². The highest BCUT2D eigenvalue weighted by atomic mass is 14.1. The van der Waals surface area contributed by atoms with Crippen molar-refractivity contribution < 1.29 is 0 Å². The van der Waals surface area contributed by atoms with Crippen LogP contribution in [0.5, 0.6) is 0 Å². The molecule has 0 saturated carbocycles. The Balaban J connectivity index is 3.81. The Labute approximate surface area is 95.8 Å². The summed E-state index contributed by atoms with van der Waals surface area (Å²) in [6, 6.07) is 0. The van der Waals surface area contributed by atoms with Crippen molar-refractivity contribution in [1.29, 1.82) is 0 Å². The number of rotatable bonds is 7. The molecule has 0 aromatic heterocycles. The first-order valence-corrected chi connectivity index (χ1v) is 5.93. The van der Waals surface area contributed by atoms with E-state index in [1.807, 2.05) is 13.0 Å². The van der Waals surface area contributed by atoms with Gasteiger partial charge >= 0.3 is 0 Å². The van der Waals surface area contributed by atoms with E-state index in [4.69, 9.17) is 0 Å². The molecule has 0 saturated heterocycles. The fourth-order valence-electron chi connectivity index (χ4n) is 1.50. The second kappa shape index (κ2) is 7.50. The monoisotopic (exact) mass is 206 g/mol. The molecule has 0 spiro atoms. The van der Waals surface area contributed by atoms with Crippen molar-refractivity contribution in [2.45, 2.75) is 47.0 Å². The van der Waals surface area contributed by atoms with Crippen molar-refractivity contribution in [2.24, 2.45) is 11.8 Å². The first-order chi connectivity index (χ1) is 6.91. The molecule has 86 valence electrons. The molecule has 15 heavy (non-hydrogen) atoms. The van der Waals surface area contributed by atoms with Crippen LogP contribution in [0.1, 0.15) is 47.0 Å². The summed E-state index contributed by atoms with van der Waals surface area (Å²) in [5.74, 6) is 1.56. The first-order valence-electron chi connectivity index (χ1n) is 5.93. The molecule has 0 rings (SSSR count). The van der Waals surface area contributed by atoms with Crippen LogP contribution in [0.15, 0.2) is 36.5 Å². The molecule has 0 aliphatic carbocycles. The summed E-state index contributed by atoms with van der Waals surface area (Å²) in [5.41, 5.74) is 2.31. The maximum atomic E-state index is 4.07. The van der Waals surface area contributed by atoms with Crippen LogP contribution in [-0.2, 0) is 0 Å². The molecule has 0 fully saturated rings. The number of hydrogen-bond donors (Lipinski definition) is 0. The predicted molar refractivity (Wildman–Crippen MR) is 70.9 cm³/mol. The summed E-state index contributed by atoms with van der Waals surface area (Å²) in [4.78, 5) is 0. The average molecular weight is 206 g/mol. The standard InChI is InChI=1S/C15H26/c1-12(2)7-9-14(5)11-15(6)10-8-13(3)4/h7,9,13,15H,1,5,8,10-11H2,2-4,6H3/b9-7-. The first kappa shape index (κ1) is 14.2. The fraction of sp³-hybridized carbons (Fsp3) is 0.600. The Morgan fingerprint density at radius 2 is 1.67 bits per heavy atom. The van der Waals surface area contributed by atoms with Gasteiger partial charge in [0.25, 0.3) is 0 Å². The lowest BCUT2D eigenvalue weighted by Crippen LogP contribution is -1.98. The lowest BCUT2D eigenvalue weighted by atomic mass is 9.93. The van der Waals surface area contributed by atoms with Gasteiger partial charge in [-0.1, -0.05) is 70.1 Å². The van der Waals surface area contributed by atoms with Crippen molar-refractivity contribution >= 4 is 0 Å². The highest BCUT2D eigenvalue weighted by molar-refractivity contribution is 5.22. The summed E-state index contributed by atoms with van der Waals surface area (Å²) in [6.45, 7) is 16.8. The summed E-state index contributed by atoms with van der Waals surface area (Å²) in [5, 5.41) is 0. The molecule has 0 bridgehead atoms. The van der Waals surface area contributed by atoms with Gasteiger partial charge in [0.2, 0.25) is 0 Å². The highest BCUT2D eigenvalue weighted by Gasteiger charge is 2.04. The number of hydrogen-bond acceptors (Lipinski definition) is 0. The van der Waals surface area contributed by atoms with Gasteiger partial charge in [0.15, 0.2) is 0 Å². The van der Waals surface area contributed by atoms with E-state index in [1.54, 1.807) is 0 Å². The van der Waals surface area contributed by atoms with Crippen LogP contribution in [0.4, 0.5) is 0 Å². The van der Waals surface area contributed by atoms with E-state index >= 15 is 0 Å². The molecular formula is C15H26. The molecule has 0 amide bonds. The Bertz CT molecular complexity index is 230. The topological polar surface area (TPSA) is 0 Å². The molecule has 0 radical (unpaired) electrons. The summed E-state index contributed by atoms with van der Waals surface area (Å²) >= 11 is 0. The molecule has 1 atom stereocenters. The van der Waals surface area contributed by atoms with Gasteiger partial charge in [0, 0.05) is 0 Å². The normalized spacial score (nSPS) is 13.4. The lowest BCUT2D eigenvalue weighted by molar-refractivity contribution is 0.450. The minimum Gasteiger partial charge on any atom is -0.0961 e. The van der Waals surface area contributed by atoms with Crippen LogP contribution < -0.4 is 0 Å². The van der Waals surface area contributed by atoms with E-state index in [0.717, 1.165) is 23.8 Å². The van der Waals surface area contributed by atoms with E-state index < -0.39 is 0 Å². The molecule has 0 heterocycles. The lowest BCUT2D eigenvalue weighted by Gasteiger charge is -2.12. The third-order valence-corrected chi connectivity index (χ3v) is 2.45. The summed E-state index contributed by atoms with van der Waals surface area (Å²) in [6.07, 6.45) is 7.86. The smallest absolute Gasteiger partial charge is 0.0259 e. The highest BCUT2D eigenvalue weighted by Crippen LogP contribution is 2.19. The SMILES string of the molecule is C=C(C)/C=C\C(=C)CC(C)CCC(C)C. The van der Waals surface area contributed by atoms with Gasteiger partial charge in [0.05, 0.1) is 0 Å². The molecule has 0 heteroatoms. The molecular weight excluding hydrogens is 180 g/mol. The van der Waals surface area contributed by atoms with Crippen molar-refractivity contribution in [3.63, 3.8) is 0 Å². The maximum absolute atomic E-state index is 4.07. The Kier molecular flexibility index (Phi) is 7.11. The Morgan fingerprint density at radius 3 is 2.13 bits per heavy atom. The fourth-order valence-corrected chi connectivity index (χ4v) is 1.50. The third-order valence-electron chi connectivity index (χ3n) is 2.45. The zero-order valence-electron chi connectivity index (χ0n) is 10.8. The van der Waals surface area contributed by atoms with Gasteiger partial charge in [-0.3, -0.25) is 0 Å². The molecule has 0 N–H and O–H groups in total. The third kappa shape index (κ3) is 9.52. The van der Waals surface area contributed by atoms with Gasteiger partial charge in [-0.05, 0) is 25.2 Å². The maximum Gasteiger partial charge on any atom is -0.0259 e. The largest absolute Gasteiger partial charge is 0.0961 e. The zero-order valence-corrected chi connectivity index (χ0v) is 10.8. The van der Waals surface area contributed by atoms with Gasteiger partial charge < -0.3 is 0 Å². The van der Waals surface area contributed by atoms with Gasteiger partial charge in [-0.25, -0.2) is 0 Å². The van der Waals surface area contributed by atoms with Gasteiger partial charge in [-0.15, -0.1) is 0 Å². The van der Waals surface area contributed by atoms with Crippen LogP contribution in [0, 0.1) is 11.8 Å². The quantitative estimate of drug-likeness (QED) is 0.506. The van der Waals surface area contributed by atoms with E-state index in [-0.39, 0.29) is 0 Å². The van der Waals surface area contributed by atoms with E-state index in [2.05, 4.69) is 40.0 Å². The van der Waals surface area contributed by atoms with Crippen molar-refractivity contribution in [3.8, 4) is 0 Å². The molecule has 0 aromatic carbocycles. The summed E-state index contributed by atoms with van der Waals surface area (Å²) in [7, 11) is 0. The van der Waals surface area contributed by atoms with Crippen LogP contribution in [0.25, 0.3) is 0 Å². The Morgan fingerprint density at radius 1 is 1.07 bits per heavy atom. The summed E-state index contributed by atoms with van der Waals surface area (Å²) < 4.78 is 0. The average Bonchev–Trinajstić information content (AvgIpc) is 2.11. The second-order valence-electron chi connectivity index (χ2n) is 5.12. The zero-order chi connectivity index (χ0) is 11.8. The molecule has 0 nitrogen and oxygen atoms in total. The second-order valence-corrected chi connectivity index (χ2v) is 5.12. The number of allylic oxidation sites excluding steroid dienone is 4. The van der Waals surface area contributed by atoms with Crippen molar-refractivity contribution in [1.82, 2.24) is 0 Å².